The lowest BCUT2D eigenvalue weighted by Crippen LogP contribution is -2.51. The second kappa shape index (κ2) is 6.05. The van der Waals surface area contributed by atoms with Crippen LogP contribution < -0.4 is 11.1 Å². The topological polar surface area (TPSA) is 55.1 Å². The summed E-state index contributed by atoms with van der Waals surface area (Å²) in [6.45, 7) is 9.02. The molecule has 3 heteroatoms. The summed E-state index contributed by atoms with van der Waals surface area (Å²) in [4.78, 5) is 12.6. The Balaban J connectivity index is 2.72. The number of nitrogens with two attached hydrogens (primary N) is 1. The zero-order chi connectivity index (χ0) is 13.8. The van der Waals surface area contributed by atoms with E-state index < -0.39 is 0 Å². The molecule has 1 saturated carbocycles. The van der Waals surface area contributed by atoms with Crippen molar-refractivity contribution in [3.05, 3.63) is 0 Å². The highest BCUT2D eigenvalue weighted by Crippen LogP contribution is 2.35. The number of hydrogen-bond acceptors (Lipinski definition) is 2. The van der Waals surface area contributed by atoms with Crippen LogP contribution in [-0.2, 0) is 4.79 Å². The van der Waals surface area contributed by atoms with Gasteiger partial charge in [0.05, 0.1) is 5.41 Å². The molecule has 1 aliphatic rings. The smallest absolute Gasteiger partial charge is 0.227 e. The van der Waals surface area contributed by atoms with E-state index in [1.54, 1.807) is 0 Å². The Hall–Kier alpha value is -0.570. The summed E-state index contributed by atoms with van der Waals surface area (Å²) in [5, 5.41) is 3.19. The van der Waals surface area contributed by atoms with E-state index in [0.717, 1.165) is 25.7 Å². The molecule has 0 radical (unpaired) electrons. The lowest BCUT2D eigenvalue weighted by Gasteiger charge is -2.35. The standard InChI is InChI=1S/C15H30N2O/c1-12(14(2,3)4)17-13(18)15(11-16)9-7-5-6-8-10-15/h12H,5-11,16H2,1-4H3,(H,17,18). The molecule has 1 atom stereocenters. The maximum atomic E-state index is 12.6. The summed E-state index contributed by atoms with van der Waals surface area (Å²) in [7, 11) is 0. The Morgan fingerprint density at radius 3 is 2.11 bits per heavy atom. The van der Waals surface area contributed by atoms with Gasteiger partial charge in [0.25, 0.3) is 0 Å². The number of amides is 1. The molecular formula is C15H30N2O. The van der Waals surface area contributed by atoms with Crippen LogP contribution in [0, 0.1) is 10.8 Å². The van der Waals surface area contributed by atoms with Gasteiger partial charge in [0, 0.05) is 12.6 Å². The third-order valence-corrected chi connectivity index (χ3v) is 4.58. The molecule has 0 aromatic heterocycles. The first kappa shape index (κ1) is 15.5. The Morgan fingerprint density at radius 2 is 1.72 bits per heavy atom. The Morgan fingerprint density at radius 1 is 1.22 bits per heavy atom. The van der Waals surface area contributed by atoms with Crippen LogP contribution in [0.2, 0.25) is 0 Å². The fourth-order valence-electron chi connectivity index (χ4n) is 2.50. The van der Waals surface area contributed by atoms with Gasteiger partial charge in [0.15, 0.2) is 0 Å². The number of carbonyl (C=O) groups is 1. The van der Waals surface area contributed by atoms with E-state index >= 15 is 0 Å². The Labute approximate surface area is 112 Å². The second-order valence-electron chi connectivity index (χ2n) is 6.96. The van der Waals surface area contributed by atoms with Gasteiger partial charge in [0.2, 0.25) is 5.91 Å². The minimum absolute atomic E-state index is 0.0934. The van der Waals surface area contributed by atoms with Crippen molar-refractivity contribution in [1.29, 1.82) is 0 Å². The molecule has 3 nitrogen and oxygen atoms in total. The maximum Gasteiger partial charge on any atom is 0.227 e. The lowest BCUT2D eigenvalue weighted by atomic mass is 9.78. The van der Waals surface area contributed by atoms with Gasteiger partial charge in [-0.05, 0) is 25.2 Å². The minimum Gasteiger partial charge on any atom is -0.353 e. The fourth-order valence-corrected chi connectivity index (χ4v) is 2.50. The van der Waals surface area contributed by atoms with Crippen LogP contribution in [0.4, 0.5) is 0 Å². The first-order valence-electron chi connectivity index (χ1n) is 7.33. The van der Waals surface area contributed by atoms with E-state index in [1.165, 1.54) is 12.8 Å². The molecule has 1 fully saturated rings. The van der Waals surface area contributed by atoms with Gasteiger partial charge in [-0.3, -0.25) is 4.79 Å². The van der Waals surface area contributed by atoms with Gasteiger partial charge in [0.1, 0.15) is 0 Å². The van der Waals surface area contributed by atoms with Crippen LogP contribution in [-0.4, -0.2) is 18.5 Å². The number of carbonyl (C=O) groups excluding carboxylic acids is 1. The van der Waals surface area contributed by atoms with Gasteiger partial charge in [-0.1, -0.05) is 46.5 Å². The highest BCUT2D eigenvalue weighted by atomic mass is 16.2. The van der Waals surface area contributed by atoms with Crippen LogP contribution in [0.15, 0.2) is 0 Å². The molecule has 106 valence electrons. The lowest BCUT2D eigenvalue weighted by molar-refractivity contribution is -0.132. The van der Waals surface area contributed by atoms with Crippen molar-refractivity contribution in [1.82, 2.24) is 5.32 Å². The second-order valence-corrected chi connectivity index (χ2v) is 6.96. The van der Waals surface area contributed by atoms with Crippen molar-refractivity contribution in [3.8, 4) is 0 Å². The van der Waals surface area contributed by atoms with Crippen molar-refractivity contribution < 1.29 is 4.79 Å². The summed E-state index contributed by atoms with van der Waals surface area (Å²) in [6.07, 6.45) is 6.65. The predicted molar refractivity (Wildman–Crippen MR) is 76.2 cm³/mol. The molecule has 0 spiro atoms. The molecule has 0 saturated heterocycles. The number of nitrogens with one attached hydrogen (secondary N) is 1. The highest BCUT2D eigenvalue weighted by molar-refractivity contribution is 5.83. The summed E-state index contributed by atoms with van der Waals surface area (Å²) in [5.41, 5.74) is 5.72. The third-order valence-electron chi connectivity index (χ3n) is 4.58. The van der Waals surface area contributed by atoms with Crippen LogP contribution in [0.5, 0.6) is 0 Å². The summed E-state index contributed by atoms with van der Waals surface area (Å²) in [6, 6.07) is 0.177. The molecule has 3 N–H and O–H groups in total. The summed E-state index contributed by atoms with van der Waals surface area (Å²) in [5.74, 6) is 0.175. The molecule has 0 aromatic rings. The third kappa shape index (κ3) is 3.71. The van der Waals surface area contributed by atoms with Crippen LogP contribution in [0.1, 0.15) is 66.2 Å². The molecule has 0 aliphatic heterocycles. The van der Waals surface area contributed by atoms with Crippen molar-refractivity contribution in [2.45, 2.75) is 72.3 Å². The summed E-state index contributed by atoms with van der Waals surface area (Å²) < 4.78 is 0. The molecule has 1 rings (SSSR count). The van der Waals surface area contributed by atoms with Crippen molar-refractivity contribution >= 4 is 5.91 Å². The van der Waals surface area contributed by atoms with E-state index in [2.05, 4.69) is 33.0 Å². The van der Waals surface area contributed by atoms with Gasteiger partial charge in [-0.25, -0.2) is 0 Å². The average Bonchev–Trinajstić information content (AvgIpc) is 2.53. The van der Waals surface area contributed by atoms with E-state index in [9.17, 15) is 4.79 Å². The molecule has 0 aromatic carbocycles. The van der Waals surface area contributed by atoms with Gasteiger partial charge in [-0.2, -0.15) is 0 Å². The SMILES string of the molecule is CC(NC(=O)C1(CN)CCCCCC1)C(C)(C)C. The normalized spacial score (nSPS) is 22.1. The molecular weight excluding hydrogens is 224 g/mol. The Bertz CT molecular complexity index is 273. The molecule has 0 bridgehead atoms. The molecule has 1 amide bonds. The van der Waals surface area contributed by atoms with Gasteiger partial charge in [-0.15, -0.1) is 0 Å². The average molecular weight is 254 g/mol. The summed E-state index contributed by atoms with van der Waals surface area (Å²) >= 11 is 0. The van der Waals surface area contributed by atoms with Crippen LogP contribution in [0.3, 0.4) is 0 Å². The van der Waals surface area contributed by atoms with E-state index in [1.807, 2.05) is 0 Å². The zero-order valence-electron chi connectivity index (χ0n) is 12.5. The molecule has 1 unspecified atom stereocenters. The van der Waals surface area contributed by atoms with Crippen LogP contribution in [0.25, 0.3) is 0 Å². The number of rotatable bonds is 3. The van der Waals surface area contributed by atoms with E-state index in [-0.39, 0.29) is 22.8 Å². The Kier molecular flexibility index (Phi) is 5.20. The quantitative estimate of drug-likeness (QED) is 0.761. The highest BCUT2D eigenvalue weighted by Gasteiger charge is 2.38. The van der Waals surface area contributed by atoms with Crippen molar-refractivity contribution in [3.63, 3.8) is 0 Å². The largest absolute Gasteiger partial charge is 0.353 e. The minimum atomic E-state index is -0.310. The number of hydrogen-bond donors (Lipinski definition) is 2. The fraction of sp³-hybridized carbons (Fsp3) is 0.933. The monoisotopic (exact) mass is 254 g/mol. The molecule has 18 heavy (non-hydrogen) atoms. The van der Waals surface area contributed by atoms with E-state index in [0.29, 0.717) is 6.54 Å². The first-order chi connectivity index (χ1) is 8.32. The van der Waals surface area contributed by atoms with Crippen molar-refractivity contribution in [2.24, 2.45) is 16.6 Å². The first-order valence-corrected chi connectivity index (χ1v) is 7.33. The van der Waals surface area contributed by atoms with Gasteiger partial charge < -0.3 is 11.1 Å². The maximum absolute atomic E-state index is 12.6. The van der Waals surface area contributed by atoms with Crippen LogP contribution >= 0.6 is 0 Å². The van der Waals surface area contributed by atoms with Crippen molar-refractivity contribution in [2.75, 3.05) is 6.54 Å². The molecule has 1 aliphatic carbocycles. The van der Waals surface area contributed by atoms with Gasteiger partial charge >= 0.3 is 0 Å². The molecule has 0 heterocycles. The zero-order valence-corrected chi connectivity index (χ0v) is 12.5. The predicted octanol–water partition coefficient (Wildman–Crippen LogP) is 2.84. The van der Waals surface area contributed by atoms with E-state index in [4.69, 9.17) is 5.73 Å².